The summed E-state index contributed by atoms with van der Waals surface area (Å²) in [6.45, 7) is 1.26. The SMILES string of the molecule is CN=C(NC[C@H]1CCCN1S(C)(=O)=O)NC1CC1. The third-order valence-corrected chi connectivity index (χ3v) is 4.73. The topological polar surface area (TPSA) is 73.8 Å². The molecule has 0 aromatic rings. The molecule has 6 nitrogen and oxygen atoms in total. The van der Waals surface area contributed by atoms with E-state index in [4.69, 9.17) is 0 Å². The van der Waals surface area contributed by atoms with E-state index in [-0.39, 0.29) is 6.04 Å². The van der Waals surface area contributed by atoms with Crippen molar-refractivity contribution in [1.82, 2.24) is 14.9 Å². The van der Waals surface area contributed by atoms with Crippen molar-refractivity contribution in [2.75, 3.05) is 26.4 Å². The molecule has 1 heterocycles. The van der Waals surface area contributed by atoms with Crippen LogP contribution in [0.25, 0.3) is 0 Å². The highest BCUT2D eigenvalue weighted by molar-refractivity contribution is 7.88. The zero-order valence-electron chi connectivity index (χ0n) is 11.0. The van der Waals surface area contributed by atoms with Crippen LogP contribution in [-0.4, -0.2) is 57.2 Å². The predicted molar refractivity (Wildman–Crippen MR) is 72.1 cm³/mol. The number of aliphatic imine (C=N–C) groups is 1. The van der Waals surface area contributed by atoms with Crippen LogP contribution >= 0.6 is 0 Å². The van der Waals surface area contributed by atoms with Gasteiger partial charge in [0.1, 0.15) is 0 Å². The highest BCUT2D eigenvalue weighted by Gasteiger charge is 2.31. The minimum Gasteiger partial charge on any atom is -0.355 e. The van der Waals surface area contributed by atoms with Crippen molar-refractivity contribution < 1.29 is 8.42 Å². The number of hydrogen-bond acceptors (Lipinski definition) is 3. The molecule has 1 atom stereocenters. The molecule has 0 unspecified atom stereocenters. The minimum atomic E-state index is -3.08. The molecule has 0 bridgehead atoms. The van der Waals surface area contributed by atoms with E-state index in [0.717, 1.165) is 18.8 Å². The van der Waals surface area contributed by atoms with Gasteiger partial charge >= 0.3 is 0 Å². The Morgan fingerprint density at radius 1 is 1.39 bits per heavy atom. The third kappa shape index (κ3) is 3.58. The molecule has 0 amide bonds. The predicted octanol–water partition coefficient (Wildman–Crippen LogP) is -0.262. The maximum atomic E-state index is 11.6. The molecule has 0 radical (unpaired) electrons. The van der Waals surface area contributed by atoms with E-state index in [2.05, 4.69) is 15.6 Å². The minimum absolute atomic E-state index is 0.0535. The summed E-state index contributed by atoms with van der Waals surface area (Å²) in [4.78, 5) is 4.14. The molecule has 2 fully saturated rings. The Morgan fingerprint density at radius 3 is 2.67 bits per heavy atom. The third-order valence-electron chi connectivity index (χ3n) is 3.40. The summed E-state index contributed by atoms with van der Waals surface area (Å²) < 4.78 is 24.8. The van der Waals surface area contributed by atoms with Crippen LogP contribution in [0.4, 0.5) is 0 Å². The first-order chi connectivity index (χ1) is 8.50. The van der Waals surface area contributed by atoms with Crippen LogP contribution in [0.3, 0.4) is 0 Å². The fourth-order valence-electron chi connectivity index (χ4n) is 2.28. The molecule has 104 valence electrons. The van der Waals surface area contributed by atoms with Crippen molar-refractivity contribution in [2.24, 2.45) is 4.99 Å². The molecule has 0 aromatic heterocycles. The van der Waals surface area contributed by atoms with Crippen LogP contribution in [0.1, 0.15) is 25.7 Å². The van der Waals surface area contributed by atoms with Crippen molar-refractivity contribution in [3.05, 3.63) is 0 Å². The van der Waals surface area contributed by atoms with Gasteiger partial charge in [0.05, 0.1) is 6.26 Å². The molecule has 7 heteroatoms. The lowest BCUT2D eigenvalue weighted by Crippen LogP contribution is -2.46. The summed E-state index contributed by atoms with van der Waals surface area (Å²) in [6.07, 6.45) is 5.52. The quantitative estimate of drug-likeness (QED) is 0.547. The highest BCUT2D eigenvalue weighted by atomic mass is 32.2. The molecule has 2 aliphatic rings. The van der Waals surface area contributed by atoms with Gasteiger partial charge in [-0.25, -0.2) is 8.42 Å². The smallest absolute Gasteiger partial charge is 0.211 e. The van der Waals surface area contributed by atoms with Gasteiger partial charge in [-0.3, -0.25) is 4.99 Å². The monoisotopic (exact) mass is 274 g/mol. The molecule has 1 aliphatic heterocycles. The van der Waals surface area contributed by atoms with Crippen molar-refractivity contribution in [1.29, 1.82) is 0 Å². The lowest BCUT2D eigenvalue weighted by atomic mass is 10.2. The fourth-order valence-corrected chi connectivity index (χ4v) is 3.46. The van der Waals surface area contributed by atoms with Crippen molar-refractivity contribution in [3.8, 4) is 0 Å². The van der Waals surface area contributed by atoms with Gasteiger partial charge in [0.15, 0.2) is 5.96 Å². The Morgan fingerprint density at radius 2 is 2.11 bits per heavy atom. The Kier molecular flexibility index (Phi) is 4.11. The van der Waals surface area contributed by atoms with Gasteiger partial charge in [-0.05, 0) is 25.7 Å². The first-order valence-electron chi connectivity index (χ1n) is 6.44. The zero-order valence-corrected chi connectivity index (χ0v) is 11.8. The van der Waals surface area contributed by atoms with E-state index >= 15 is 0 Å². The Bertz CT molecular complexity index is 417. The first-order valence-corrected chi connectivity index (χ1v) is 8.29. The second kappa shape index (κ2) is 5.44. The van der Waals surface area contributed by atoms with Gasteiger partial charge in [-0.2, -0.15) is 4.31 Å². The first kappa shape index (κ1) is 13.6. The second-order valence-corrected chi connectivity index (χ2v) is 6.98. The molecule has 0 spiro atoms. The fraction of sp³-hybridized carbons (Fsp3) is 0.909. The van der Waals surface area contributed by atoms with Crippen molar-refractivity contribution >= 4 is 16.0 Å². The number of sulfonamides is 1. The highest BCUT2D eigenvalue weighted by Crippen LogP contribution is 2.20. The van der Waals surface area contributed by atoms with Gasteiger partial charge < -0.3 is 10.6 Å². The summed E-state index contributed by atoms with van der Waals surface area (Å²) in [6, 6.07) is 0.601. The van der Waals surface area contributed by atoms with Gasteiger partial charge in [-0.1, -0.05) is 0 Å². The van der Waals surface area contributed by atoms with E-state index in [1.165, 1.54) is 19.1 Å². The normalized spacial score (nSPS) is 26.3. The number of nitrogens with one attached hydrogen (secondary N) is 2. The summed E-state index contributed by atoms with van der Waals surface area (Å²) in [5.74, 6) is 0.776. The largest absolute Gasteiger partial charge is 0.355 e. The van der Waals surface area contributed by atoms with Crippen LogP contribution in [-0.2, 0) is 10.0 Å². The Balaban J connectivity index is 1.84. The molecular weight excluding hydrogens is 252 g/mol. The maximum Gasteiger partial charge on any atom is 0.211 e. The Labute approximate surface area is 109 Å². The van der Waals surface area contributed by atoms with Gasteiger partial charge in [-0.15, -0.1) is 0 Å². The summed E-state index contributed by atoms with van der Waals surface area (Å²) in [5.41, 5.74) is 0. The number of hydrogen-bond donors (Lipinski definition) is 2. The molecule has 0 aromatic carbocycles. The second-order valence-electron chi connectivity index (χ2n) is 5.04. The number of rotatable bonds is 4. The zero-order chi connectivity index (χ0) is 13.2. The van der Waals surface area contributed by atoms with Crippen LogP contribution in [0.2, 0.25) is 0 Å². The molecular formula is C11H22N4O2S. The summed E-state index contributed by atoms with van der Waals surface area (Å²) >= 11 is 0. The summed E-state index contributed by atoms with van der Waals surface area (Å²) in [5, 5.41) is 6.51. The van der Waals surface area contributed by atoms with Crippen LogP contribution in [0, 0.1) is 0 Å². The van der Waals surface area contributed by atoms with E-state index < -0.39 is 10.0 Å². The van der Waals surface area contributed by atoms with Crippen LogP contribution < -0.4 is 10.6 Å². The van der Waals surface area contributed by atoms with Crippen molar-refractivity contribution in [3.63, 3.8) is 0 Å². The lowest BCUT2D eigenvalue weighted by Gasteiger charge is -2.23. The van der Waals surface area contributed by atoms with Crippen LogP contribution in [0.5, 0.6) is 0 Å². The summed E-state index contributed by atoms with van der Waals surface area (Å²) in [7, 11) is -1.35. The average Bonchev–Trinajstić information content (AvgIpc) is 2.97. The number of nitrogens with zero attached hydrogens (tertiary/aromatic N) is 2. The van der Waals surface area contributed by atoms with Gasteiger partial charge in [0, 0.05) is 32.2 Å². The molecule has 1 saturated heterocycles. The average molecular weight is 274 g/mol. The standard InChI is InChI=1S/C11H22N4O2S/c1-12-11(14-9-5-6-9)13-8-10-4-3-7-15(10)18(2,16)17/h9-10H,3-8H2,1-2H3,(H2,12,13,14)/t10-/m1/s1. The number of guanidine groups is 1. The molecule has 1 aliphatic carbocycles. The lowest BCUT2D eigenvalue weighted by molar-refractivity contribution is 0.387. The van der Waals surface area contributed by atoms with Crippen molar-refractivity contribution in [2.45, 2.75) is 37.8 Å². The molecule has 2 N–H and O–H groups in total. The van der Waals surface area contributed by atoms with E-state index in [0.29, 0.717) is 19.1 Å². The molecule has 2 rings (SSSR count). The molecule has 18 heavy (non-hydrogen) atoms. The Hall–Kier alpha value is -0.820. The van der Waals surface area contributed by atoms with E-state index in [1.54, 1.807) is 11.4 Å². The van der Waals surface area contributed by atoms with Gasteiger partial charge in [0.2, 0.25) is 10.0 Å². The molecule has 1 saturated carbocycles. The van der Waals surface area contributed by atoms with Crippen LogP contribution in [0.15, 0.2) is 4.99 Å². The van der Waals surface area contributed by atoms with Gasteiger partial charge in [0.25, 0.3) is 0 Å². The van der Waals surface area contributed by atoms with E-state index in [1.807, 2.05) is 0 Å². The maximum absolute atomic E-state index is 11.6. The van der Waals surface area contributed by atoms with E-state index in [9.17, 15) is 8.42 Å².